The summed E-state index contributed by atoms with van der Waals surface area (Å²) in [5, 5.41) is 5.70. The number of rotatable bonds is 4. The monoisotopic (exact) mass is 516 g/mol. The molecular formula is C33H38ClOP. The Morgan fingerprint density at radius 1 is 0.639 bits per heavy atom. The second kappa shape index (κ2) is 9.37. The van der Waals surface area contributed by atoms with Gasteiger partial charge in [-0.25, -0.2) is 0 Å². The van der Waals surface area contributed by atoms with Gasteiger partial charge >= 0.3 is 211 Å². The Morgan fingerprint density at radius 3 is 1.47 bits per heavy atom. The summed E-state index contributed by atoms with van der Waals surface area (Å²) in [6.07, 6.45) is 2.08. The summed E-state index contributed by atoms with van der Waals surface area (Å²) in [4.78, 5) is 0. The van der Waals surface area contributed by atoms with Crippen LogP contribution in [0.25, 0.3) is 0 Å². The molecular weight excluding hydrogens is 479 g/mol. The SMILES string of the molecule is Cc1c(C)c(P(C)(c2ccccc2)(c2ccccc2)c2ccccc2)c(C)c2c1OC(C)(C)CC2.Cl. The van der Waals surface area contributed by atoms with Crippen molar-refractivity contribution in [2.45, 2.75) is 53.1 Å². The standard InChI is InChI=1S/C33H37OP.ClH/c1-24-25(2)32(26(3)30-22-23-33(4,5)34-31(24)30)35(6,27-16-10-7-11-17-27,28-18-12-8-13-19-28)29-20-14-9-15-21-29;/h7-21H,22-23H2,1-6H3;1H. The van der Waals surface area contributed by atoms with Gasteiger partial charge in [0.1, 0.15) is 0 Å². The molecule has 0 aliphatic carbocycles. The second-order valence-corrected chi connectivity index (χ2v) is 16.1. The molecule has 3 heteroatoms. The van der Waals surface area contributed by atoms with Crippen LogP contribution in [0.1, 0.15) is 42.5 Å². The molecule has 0 radical (unpaired) electrons. The zero-order chi connectivity index (χ0) is 24.9. The second-order valence-electron chi connectivity index (χ2n) is 11.0. The van der Waals surface area contributed by atoms with Gasteiger partial charge in [-0.2, -0.15) is 0 Å². The molecule has 0 aromatic heterocycles. The zero-order valence-corrected chi connectivity index (χ0v) is 24.0. The van der Waals surface area contributed by atoms with Crippen LogP contribution in [0.5, 0.6) is 5.75 Å². The summed E-state index contributed by atoms with van der Waals surface area (Å²) in [6.45, 7) is 10.8. The Morgan fingerprint density at radius 2 is 1.06 bits per heavy atom. The van der Waals surface area contributed by atoms with Gasteiger partial charge in [-0.05, 0) is 0 Å². The van der Waals surface area contributed by atoms with Gasteiger partial charge in [-0.15, -0.1) is 12.4 Å². The fourth-order valence-electron chi connectivity index (χ4n) is 6.44. The van der Waals surface area contributed by atoms with Crippen LogP contribution in [-0.2, 0) is 6.42 Å². The van der Waals surface area contributed by atoms with Crippen LogP contribution < -0.4 is 26.0 Å². The van der Waals surface area contributed by atoms with Crippen molar-refractivity contribution >= 4 is 40.2 Å². The molecule has 0 spiro atoms. The molecule has 5 rings (SSSR count). The molecule has 0 N–H and O–H groups in total. The molecule has 188 valence electrons. The number of benzene rings is 4. The van der Waals surface area contributed by atoms with Gasteiger partial charge in [0.25, 0.3) is 0 Å². The molecule has 0 bridgehead atoms. The Kier molecular flexibility index (Phi) is 6.89. The quantitative estimate of drug-likeness (QED) is 0.267. The fourth-order valence-corrected chi connectivity index (χ4v) is 12.8. The van der Waals surface area contributed by atoms with E-state index in [1.165, 1.54) is 43.5 Å². The van der Waals surface area contributed by atoms with Gasteiger partial charge in [0.15, 0.2) is 0 Å². The minimum absolute atomic E-state index is 0. The summed E-state index contributed by atoms with van der Waals surface area (Å²) >= 11 is 0. The van der Waals surface area contributed by atoms with Crippen LogP contribution in [0, 0.1) is 20.8 Å². The molecule has 1 aliphatic rings. The average Bonchev–Trinajstić information content (AvgIpc) is 2.88. The number of hydrogen-bond donors (Lipinski definition) is 0. The average molecular weight is 517 g/mol. The molecule has 0 saturated heterocycles. The maximum Gasteiger partial charge on any atom is -0.147 e. The molecule has 0 atom stereocenters. The summed E-state index contributed by atoms with van der Waals surface area (Å²) in [6, 6.07) is 33.7. The van der Waals surface area contributed by atoms with Gasteiger partial charge < -0.3 is 0 Å². The Balaban J connectivity index is 0.00000304. The van der Waals surface area contributed by atoms with Gasteiger partial charge in [0.05, 0.1) is 0 Å². The van der Waals surface area contributed by atoms with Crippen LogP contribution in [-0.4, -0.2) is 12.3 Å². The first-order valence-electron chi connectivity index (χ1n) is 12.7. The summed E-state index contributed by atoms with van der Waals surface area (Å²) in [7, 11) is 0. The van der Waals surface area contributed by atoms with E-state index in [2.05, 4.69) is 132 Å². The van der Waals surface area contributed by atoms with Crippen molar-refractivity contribution in [3.63, 3.8) is 0 Å². The van der Waals surface area contributed by atoms with Crippen molar-refractivity contribution in [1.29, 1.82) is 0 Å². The van der Waals surface area contributed by atoms with E-state index in [4.69, 9.17) is 4.74 Å². The molecule has 0 saturated carbocycles. The molecule has 1 nitrogen and oxygen atoms in total. The van der Waals surface area contributed by atoms with Gasteiger partial charge in [0.2, 0.25) is 0 Å². The fraction of sp³-hybridized carbons (Fsp3) is 0.273. The molecule has 0 unspecified atom stereocenters. The predicted octanol–water partition coefficient (Wildman–Crippen LogP) is 6.92. The van der Waals surface area contributed by atoms with E-state index in [0.717, 1.165) is 18.6 Å². The maximum atomic E-state index is 6.64. The molecule has 0 fully saturated rings. The molecule has 36 heavy (non-hydrogen) atoms. The van der Waals surface area contributed by atoms with Gasteiger partial charge in [-0.1, -0.05) is 0 Å². The third kappa shape index (κ3) is 3.71. The predicted molar refractivity (Wildman–Crippen MR) is 162 cm³/mol. The van der Waals surface area contributed by atoms with E-state index >= 15 is 0 Å². The van der Waals surface area contributed by atoms with E-state index in [1.54, 1.807) is 0 Å². The topological polar surface area (TPSA) is 9.23 Å². The van der Waals surface area contributed by atoms with Crippen LogP contribution >= 0.6 is 19.0 Å². The first-order chi connectivity index (χ1) is 16.7. The number of ether oxygens (including phenoxy) is 1. The molecule has 4 aromatic carbocycles. The van der Waals surface area contributed by atoms with Crippen LogP contribution in [0.2, 0.25) is 0 Å². The van der Waals surface area contributed by atoms with E-state index in [9.17, 15) is 0 Å². The minimum atomic E-state index is -3.10. The molecule has 0 amide bonds. The van der Waals surface area contributed by atoms with Crippen molar-refractivity contribution in [3.05, 3.63) is 113 Å². The van der Waals surface area contributed by atoms with Crippen LogP contribution in [0.3, 0.4) is 0 Å². The van der Waals surface area contributed by atoms with E-state index in [1.807, 2.05) is 0 Å². The van der Waals surface area contributed by atoms with Crippen molar-refractivity contribution < 1.29 is 4.74 Å². The largest absolute Gasteiger partial charge is 0.147 e. The van der Waals surface area contributed by atoms with Crippen LogP contribution in [0.4, 0.5) is 0 Å². The van der Waals surface area contributed by atoms with E-state index < -0.39 is 6.60 Å². The Bertz CT molecular complexity index is 1280. The number of halogens is 1. The Hall–Kier alpha value is -2.60. The first kappa shape index (κ1) is 26.5. The van der Waals surface area contributed by atoms with E-state index in [0.29, 0.717) is 0 Å². The summed E-state index contributed by atoms with van der Waals surface area (Å²) in [5.74, 6) is 1.11. The normalized spacial score (nSPS) is 15.6. The van der Waals surface area contributed by atoms with E-state index in [-0.39, 0.29) is 18.0 Å². The van der Waals surface area contributed by atoms with Crippen molar-refractivity contribution in [2.24, 2.45) is 0 Å². The summed E-state index contributed by atoms with van der Waals surface area (Å²) < 4.78 is 6.64. The zero-order valence-electron chi connectivity index (χ0n) is 22.3. The van der Waals surface area contributed by atoms with Crippen molar-refractivity contribution in [2.75, 3.05) is 6.66 Å². The van der Waals surface area contributed by atoms with Gasteiger partial charge in [0, 0.05) is 0 Å². The third-order valence-electron chi connectivity index (χ3n) is 8.46. The molecule has 1 heterocycles. The molecule has 4 aromatic rings. The smallest absolute Gasteiger partial charge is 0.147 e. The molecule has 1 aliphatic heterocycles. The maximum absolute atomic E-state index is 6.64. The Labute approximate surface area is 223 Å². The minimum Gasteiger partial charge on any atom is -0.147 e. The van der Waals surface area contributed by atoms with Crippen LogP contribution in [0.15, 0.2) is 91.0 Å². The van der Waals surface area contributed by atoms with Crippen molar-refractivity contribution in [3.8, 4) is 5.75 Å². The van der Waals surface area contributed by atoms with Crippen molar-refractivity contribution in [1.82, 2.24) is 0 Å². The number of hydrogen-bond acceptors (Lipinski definition) is 1. The number of fused-ring (bicyclic) bond motifs is 1. The first-order valence-corrected chi connectivity index (χ1v) is 15.4. The van der Waals surface area contributed by atoms with Gasteiger partial charge in [-0.3, -0.25) is 0 Å². The third-order valence-corrected chi connectivity index (χ3v) is 15.0. The summed E-state index contributed by atoms with van der Waals surface area (Å²) in [5.41, 5.74) is 5.30.